The lowest BCUT2D eigenvalue weighted by Crippen LogP contribution is -2.18. The molecule has 0 amide bonds. The summed E-state index contributed by atoms with van der Waals surface area (Å²) in [7, 11) is 0. The third-order valence-electron chi connectivity index (χ3n) is 3.09. The van der Waals surface area contributed by atoms with Gasteiger partial charge < -0.3 is 5.32 Å². The second-order valence-electron chi connectivity index (χ2n) is 4.43. The molecule has 2 aromatic rings. The van der Waals surface area contributed by atoms with Gasteiger partial charge in [0.1, 0.15) is 0 Å². The van der Waals surface area contributed by atoms with Gasteiger partial charge in [0.05, 0.1) is 11.6 Å². The summed E-state index contributed by atoms with van der Waals surface area (Å²) >= 11 is 5.98. The minimum absolute atomic E-state index is 0.186. The number of rotatable bonds is 4. The highest BCUT2D eigenvalue weighted by atomic mass is 35.5. The first-order chi connectivity index (χ1) is 9.20. The standard InChI is InChI=1S/C16H15ClN2/c1-12(13-7-4-8-16(17)9-13)19-11-15-6-3-2-5-14(15)10-18/h2-9,12,19H,11H2,1H3/t12-/m1/s1. The fraction of sp³-hybridized carbons (Fsp3) is 0.188. The van der Waals surface area contributed by atoms with Crippen LogP contribution in [0, 0.1) is 11.3 Å². The Hall–Kier alpha value is -1.82. The van der Waals surface area contributed by atoms with E-state index in [1.54, 1.807) is 0 Å². The van der Waals surface area contributed by atoms with E-state index in [4.69, 9.17) is 16.9 Å². The Labute approximate surface area is 118 Å². The van der Waals surface area contributed by atoms with Gasteiger partial charge in [0.2, 0.25) is 0 Å². The number of nitriles is 1. The van der Waals surface area contributed by atoms with E-state index in [9.17, 15) is 0 Å². The van der Waals surface area contributed by atoms with Crippen molar-refractivity contribution in [3.05, 3.63) is 70.2 Å². The normalized spacial score (nSPS) is 11.8. The first-order valence-electron chi connectivity index (χ1n) is 6.17. The molecule has 0 aromatic heterocycles. The Bertz CT molecular complexity index is 602. The molecular formula is C16H15ClN2. The Morgan fingerprint density at radius 2 is 2.00 bits per heavy atom. The van der Waals surface area contributed by atoms with E-state index < -0.39 is 0 Å². The molecule has 0 bridgehead atoms. The quantitative estimate of drug-likeness (QED) is 0.909. The van der Waals surface area contributed by atoms with Crippen LogP contribution in [0.3, 0.4) is 0 Å². The van der Waals surface area contributed by atoms with Crippen LogP contribution in [-0.2, 0) is 6.54 Å². The highest BCUT2D eigenvalue weighted by molar-refractivity contribution is 6.30. The van der Waals surface area contributed by atoms with Crippen LogP contribution in [0.25, 0.3) is 0 Å². The second-order valence-corrected chi connectivity index (χ2v) is 4.86. The van der Waals surface area contributed by atoms with E-state index in [-0.39, 0.29) is 6.04 Å². The van der Waals surface area contributed by atoms with Crippen LogP contribution in [0.5, 0.6) is 0 Å². The average Bonchev–Trinajstić information content (AvgIpc) is 2.45. The van der Waals surface area contributed by atoms with Gasteiger partial charge in [-0.05, 0) is 36.2 Å². The van der Waals surface area contributed by atoms with Crippen LogP contribution < -0.4 is 5.32 Å². The fourth-order valence-corrected chi connectivity index (χ4v) is 2.14. The number of hydrogen-bond acceptors (Lipinski definition) is 2. The van der Waals surface area contributed by atoms with Gasteiger partial charge >= 0.3 is 0 Å². The zero-order chi connectivity index (χ0) is 13.7. The van der Waals surface area contributed by atoms with Crippen LogP contribution in [0.15, 0.2) is 48.5 Å². The van der Waals surface area contributed by atoms with Crippen LogP contribution >= 0.6 is 11.6 Å². The zero-order valence-corrected chi connectivity index (χ0v) is 11.5. The van der Waals surface area contributed by atoms with Crippen LogP contribution in [-0.4, -0.2) is 0 Å². The predicted molar refractivity (Wildman–Crippen MR) is 77.9 cm³/mol. The number of hydrogen-bond donors (Lipinski definition) is 1. The Morgan fingerprint density at radius 3 is 2.74 bits per heavy atom. The second kappa shape index (κ2) is 6.38. The molecule has 19 heavy (non-hydrogen) atoms. The van der Waals surface area contributed by atoms with E-state index in [0.29, 0.717) is 12.1 Å². The molecule has 3 heteroatoms. The molecule has 1 N–H and O–H groups in total. The molecule has 0 aliphatic heterocycles. The molecule has 0 saturated carbocycles. The molecular weight excluding hydrogens is 256 g/mol. The third kappa shape index (κ3) is 3.57. The van der Waals surface area contributed by atoms with Crippen molar-refractivity contribution in [2.75, 3.05) is 0 Å². The van der Waals surface area contributed by atoms with Crippen molar-refractivity contribution in [1.29, 1.82) is 5.26 Å². The molecule has 0 unspecified atom stereocenters. The fourth-order valence-electron chi connectivity index (χ4n) is 1.94. The van der Waals surface area contributed by atoms with Gasteiger partial charge in [0.15, 0.2) is 0 Å². The van der Waals surface area contributed by atoms with Gasteiger partial charge in [0, 0.05) is 17.6 Å². The number of nitrogens with zero attached hydrogens (tertiary/aromatic N) is 1. The maximum absolute atomic E-state index is 9.04. The topological polar surface area (TPSA) is 35.8 Å². The van der Waals surface area contributed by atoms with Crippen molar-refractivity contribution >= 4 is 11.6 Å². The van der Waals surface area contributed by atoms with Crippen molar-refractivity contribution in [3.8, 4) is 6.07 Å². The van der Waals surface area contributed by atoms with Crippen molar-refractivity contribution in [1.82, 2.24) is 5.32 Å². The predicted octanol–water partition coefficient (Wildman–Crippen LogP) is 4.06. The molecule has 0 heterocycles. The van der Waals surface area contributed by atoms with Crippen LogP contribution in [0.4, 0.5) is 0 Å². The molecule has 0 aliphatic rings. The van der Waals surface area contributed by atoms with Crippen molar-refractivity contribution in [2.45, 2.75) is 19.5 Å². The molecule has 0 radical (unpaired) electrons. The Morgan fingerprint density at radius 1 is 1.21 bits per heavy atom. The smallest absolute Gasteiger partial charge is 0.0995 e. The molecule has 0 fully saturated rings. The summed E-state index contributed by atoms with van der Waals surface area (Å²) in [5, 5.41) is 13.2. The highest BCUT2D eigenvalue weighted by Gasteiger charge is 2.07. The number of benzene rings is 2. The summed E-state index contributed by atoms with van der Waals surface area (Å²) in [6.07, 6.45) is 0. The molecule has 0 aliphatic carbocycles. The third-order valence-corrected chi connectivity index (χ3v) is 3.32. The van der Waals surface area contributed by atoms with Gasteiger partial charge in [-0.2, -0.15) is 5.26 Å². The lowest BCUT2D eigenvalue weighted by molar-refractivity contribution is 0.574. The van der Waals surface area contributed by atoms with E-state index in [0.717, 1.165) is 16.1 Å². The maximum Gasteiger partial charge on any atom is 0.0995 e. The van der Waals surface area contributed by atoms with E-state index in [1.165, 1.54) is 0 Å². The number of halogens is 1. The summed E-state index contributed by atoms with van der Waals surface area (Å²) in [4.78, 5) is 0. The summed E-state index contributed by atoms with van der Waals surface area (Å²) < 4.78 is 0. The van der Waals surface area contributed by atoms with E-state index in [1.807, 2.05) is 48.5 Å². The van der Waals surface area contributed by atoms with Gasteiger partial charge in [-0.3, -0.25) is 0 Å². The zero-order valence-electron chi connectivity index (χ0n) is 10.7. The summed E-state index contributed by atoms with van der Waals surface area (Å²) in [5.41, 5.74) is 2.87. The summed E-state index contributed by atoms with van der Waals surface area (Å²) in [6.45, 7) is 2.75. The summed E-state index contributed by atoms with van der Waals surface area (Å²) in [6, 6.07) is 17.8. The van der Waals surface area contributed by atoms with Gasteiger partial charge in [-0.1, -0.05) is 41.9 Å². The van der Waals surface area contributed by atoms with Crippen molar-refractivity contribution in [3.63, 3.8) is 0 Å². The van der Waals surface area contributed by atoms with Crippen molar-refractivity contribution < 1.29 is 0 Å². The monoisotopic (exact) mass is 270 g/mol. The van der Waals surface area contributed by atoms with Gasteiger partial charge in [-0.25, -0.2) is 0 Å². The van der Waals surface area contributed by atoms with Gasteiger partial charge in [-0.15, -0.1) is 0 Å². The minimum atomic E-state index is 0.186. The lowest BCUT2D eigenvalue weighted by atomic mass is 10.1. The minimum Gasteiger partial charge on any atom is -0.306 e. The van der Waals surface area contributed by atoms with Crippen LogP contribution in [0.2, 0.25) is 5.02 Å². The highest BCUT2D eigenvalue weighted by Crippen LogP contribution is 2.18. The summed E-state index contributed by atoms with van der Waals surface area (Å²) in [5.74, 6) is 0. The molecule has 2 rings (SSSR count). The SMILES string of the molecule is C[C@@H](NCc1ccccc1C#N)c1cccc(Cl)c1. The van der Waals surface area contributed by atoms with E-state index >= 15 is 0 Å². The van der Waals surface area contributed by atoms with E-state index in [2.05, 4.69) is 18.3 Å². The van der Waals surface area contributed by atoms with Crippen LogP contribution in [0.1, 0.15) is 29.7 Å². The molecule has 2 aromatic carbocycles. The molecule has 0 saturated heterocycles. The molecule has 2 nitrogen and oxygen atoms in total. The molecule has 96 valence electrons. The molecule has 0 spiro atoms. The largest absolute Gasteiger partial charge is 0.306 e. The average molecular weight is 271 g/mol. The maximum atomic E-state index is 9.04. The Balaban J connectivity index is 2.05. The first-order valence-corrected chi connectivity index (χ1v) is 6.55. The first kappa shape index (κ1) is 13.6. The lowest BCUT2D eigenvalue weighted by Gasteiger charge is -2.15. The van der Waals surface area contributed by atoms with Crippen molar-refractivity contribution in [2.24, 2.45) is 0 Å². The molecule has 1 atom stereocenters. The Kier molecular flexibility index (Phi) is 4.57. The number of nitrogens with one attached hydrogen (secondary N) is 1. The van der Waals surface area contributed by atoms with Gasteiger partial charge in [0.25, 0.3) is 0 Å².